The second kappa shape index (κ2) is 5.82. The summed E-state index contributed by atoms with van der Waals surface area (Å²) in [5.74, 6) is -1.04. The Morgan fingerprint density at radius 3 is 2.52 bits per heavy atom. The van der Waals surface area contributed by atoms with E-state index in [-0.39, 0.29) is 17.0 Å². The molecule has 0 aliphatic carbocycles. The Hall–Kier alpha value is -2.57. The SMILES string of the molecule is COc1ccc(OC(F)(F)F)c(C(=O)c2ccccn2)c1. The summed E-state index contributed by atoms with van der Waals surface area (Å²) in [5.41, 5.74) is -0.261. The maximum Gasteiger partial charge on any atom is 0.573 e. The van der Waals surface area contributed by atoms with Crippen LogP contribution in [0.15, 0.2) is 42.6 Å². The summed E-state index contributed by atoms with van der Waals surface area (Å²) in [6, 6.07) is 8.04. The van der Waals surface area contributed by atoms with Gasteiger partial charge in [0, 0.05) is 6.20 Å². The molecule has 1 aromatic carbocycles. The van der Waals surface area contributed by atoms with Crippen LogP contribution < -0.4 is 9.47 Å². The second-order valence-corrected chi connectivity index (χ2v) is 3.95. The van der Waals surface area contributed by atoms with E-state index >= 15 is 0 Å². The largest absolute Gasteiger partial charge is 0.573 e. The molecule has 2 rings (SSSR count). The highest BCUT2D eigenvalue weighted by Crippen LogP contribution is 2.30. The number of alkyl halides is 3. The lowest BCUT2D eigenvalue weighted by molar-refractivity contribution is -0.274. The quantitative estimate of drug-likeness (QED) is 0.813. The van der Waals surface area contributed by atoms with Crippen LogP contribution in [0, 0.1) is 0 Å². The molecule has 0 aliphatic rings. The van der Waals surface area contributed by atoms with Crippen LogP contribution in [0.5, 0.6) is 11.5 Å². The Morgan fingerprint density at radius 1 is 1.19 bits per heavy atom. The molecule has 0 saturated heterocycles. The van der Waals surface area contributed by atoms with Crippen molar-refractivity contribution < 1.29 is 27.4 Å². The lowest BCUT2D eigenvalue weighted by atomic mass is 10.1. The molecule has 0 fully saturated rings. The normalized spacial score (nSPS) is 11.0. The lowest BCUT2D eigenvalue weighted by Crippen LogP contribution is -2.19. The molecule has 2 aromatic rings. The van der Waals surface area contributed by atoms with Gasteiger partial charge in [-0.1, -0.05) is 6.07 Å². The number of ether oxygens (including phenoxy) is 2. The Balaban J connectivity index is 2.46. The van der Waals surface area contributed by atoms with Crippen molar-refractivity contribution in [1.29, 1.82) is 0 Å². The molecule has 0 atom stereocenters. The van der Waals surface area contributed by atoms with Gasteiger partial charge in [-0.25, -0.2) is 0 Å². The minimum Gasteiger partial charge on any atom is -0.497 e. The van der Waals surface area contributed by atoms with Gasteiger partial charge in [0.2, 0.25) is 5.78 Å². The summed E-state index contributed by atoms with van der Waals surface area (Å²) in [6.45, 7) is 0. The second-order valence-electron chi connectivity index (χ2n) is 3.95. The molecule has 4 nitrogen and oxygen atoms in total. The fraction of sp³-hybridized carbons (Fsp3) is 0.143. The van der Waals surface area contributed by atoms with Crippen LogP contribution in [0.3, 0.4) is 0 Å². The number of pyridine rings is 1. The molecule has 21 heavy (non-hydrogen) atoms. The van der Waals surface area contributed by atoms with E-state index in [2.05, 4.69) is 9.72 Å². The summed E-state index contributed by atoms with van der Waals surface area (Å²) >= 11 is 0. The predicted octanol–water partition coefficient (Wildman–Crippen LogP) is 3.22. The molecule has 7 heteroatoms. The van der Waals surface area contributed by atoms with Crippen molar-refractivity contribution in [2.75, 3.05) is 7.11 Å². The smallest absolute Gasteiger partial charge is 0.497 e. The summed E-state index contributed by atoms with van der Waals surface area (Å²) in [6.07, 6.45) is -3.52. The van der Waals surface area contributed by atoms with Crippen molar-refractivity contribution in [3.05, 3.63) is 53.9 Å². The van der Waals surface area contributed by atoms with Gasteiger partial charge in [0.25, 0.3) is 0 Å². The summed E-state index contributed by atoms with van der Waals surface area (Å²) < 4.78 is 46.0. The summed E-state index contributed by atoms with van der Waals surface area (Å²) in [7, 11) is 1.34. The number of hydrogen-bond donors (Lipinski definition) is 0. The molecule has 0 saturated carbocycles. The van der Waals surface area contributed by atoms with Crippen molar-refractivity contribution in [2.24, 2.45) is 0 Å². The molecular weight excluding hydrogens is 287 g/mol. The third kappa shape index (κ3) is 3.71. The van der Waals surface area contributed by atoms with Crippen molar-refractivity contribution in [3.8, 4) is 11.5 Å². The first kappa shape index (κ1) is 14.8. The van der Waals surface area contributed by atoms with Crippen molar-refractivity contribution in [2.45, 2.75) is 6.36 Å². The van der Waals surface area contributed by atoms with Crippen molar-refractivity contribution in [1.82, 2.24) is 4.98 Å². The number of methoxy groups -OCH3 is 1. The third-order valence-corrected chi connectivity index (χ3v) is 2.55. The standard InChI is InChI=1S/C14H10F3NO3/c1-20-9-5-6-12(21-14(15,16)17)10(8-9)13(19)11-4-2-3-7-18-11/h2-8H,1H3. The average molecular weight is 297 g/mol. The average Bonchev–Trinajstić information content (AvgIpc) is 2.46. The molecule has 0 spiro atoms. The van der Waals surface area contributed by atoms with Crippen molar-refractivity contribution >= 4 is 5.78 Å². The topological polar surface area (TPSA) is 48.4 Å². The number of aromatic nitrogens is 1. The first-order valence-electron chi connectivity index (χ1n) is 5.80. The van der Waals surface area contributed by atoms with E-state index in [9.17, 15) is 18.0 Å². The van der Waals surface area contributed by atoms with E-state index in [1.165, 1.54) is 31.5 Å². The molecule has 0 N–H and O–H groups in total. The van der Waals surface area contributed by atoms with Crippen LogP contribution in [0.2, 0.25) is 0 Å². The highest BCUT2D eigenvalue weighted by atomic mass is 19.4. The van der Waals surface area contributed by atoms with Gasteiger partial charge in [0.05, 0.1) is 12.7 Å². The number of nitrogens with zero attached hydrogens (tertiary/aromatic N) is 1. The van der Waals surface area contributed by atoms with E-state index < -0.39 is 17.9 Å². The molecule has 0 aliphatic heterocycles. The maximum absolute atomic E-state index is 12.4. The molecular formula is C14H10F3NO3. The maximum atomic E-state index is 12.4. The first-order chi connectivity index (χ1) is 9.90. The lowest BCUT2D eigenvalue weighted by Gasteiger charge is -2.13. The molecule has 1 aromatic heterocycles. The van der Waals surface area contributed by atoms with E-state index in [4.69, 9.17) is 4.74 Å². The summed E-state index contributed by atoms with van der Waals surface area (Å²) in [4.78, 5) is 16.1. The monoisotopic (exact) mass is 297 g/mol. The van der Waals surface area contributed by atoms with Gasteiger partial charge >= 0.3 is 6.36 Å². The number of carbonyl (C=O) groups excluding carboxylic acids is 1. The Bertz CT molecular complexity index is 642. The number of ketones is 1. The van der Waals surface area contributed by atoms with Crippen LogP contribution in [0.4, 0.5) is 13.2 Å². The Morgan fingerprint density at radius 2 is 1.95 bits per heavy atom. The molecule has 0 bridgehead atoms. The number of hydrogen-bond acceptors (Lipinski definition) is 4. The van der Waals surface area contributed by atoms with E-state index in [1.54, 1.807) is 12.1 Å². The third-order valence-electron chi connectivity index (χ3n) is 2.55. The van der Waals surface area contributed by atoms with Crippen LogP contribution in [-0.2, 0) is 0 Å². The van der Waals surface area contributed by atoms with Crippen LogP contribution in [0.25, 0.3) is 0 Å². The Kier molecular flexibility index (Phi) is 4.11. The van der Waals surface area contributed by atoms with Crippen molar-refractivity contribution in [3.63, 3.8) is 0 Å². The minimum absolute atomic E-state index is 0.0118. The van der Waals surface area contributed by atoms with Gasteiger partial charge < -0.3 is 9.47 Å². The minimum atomic E-state index is -4.90. The van der Waals surface area contributed by atoms with Gasteiger partial charge in [-0.3, -0.25) is 9.78 Å². The van der Waals surface area contributed by atoms with Gasteiger partial charge in [0.1, 0.15) is 17.2 Å². The van der Waals surface area contributed by atoms with E-state index in [0.29, 0.717) is 0 Å². The first-order valence-corrected chi connectivity index (χ1v) is 5.80. The summed E-state index contributed by atoms with van der Waals surface area (Å²) in [5, 5.41) is 0. The van der Waals surface area contributed by atoms with Gasteiger partial charge in [0.15, 0.2) is 0 Å². The number of halogens is 3. The highest BCUT2D eigenvalue weighted by molar-refractivity contribution is 6.09. The molecule has 110 valence electrons. The number of rotatable bonds is 4. The highest BCUT2D eigenvalue weighted by Gasteiger charge is 2.33. The van der Waals surface area contributed by atoms with Crippen LogP contribution in [0.1, 0.15) is 16.1 Å². The molecule has 0 radical (unpaired) electrons. The van der Waals surface area contributed by atoms with Gasteiger partial charge in [-0.2, -0.15) is 0 Å². The van der Waals surface area contributed by atoms with E-state index in [1.807, 2.05) is 0 Å². The zero-order valence-corrected chi connectivity index (χ0v) is 10.8. The molecule has 0 unspecified atom stereocenters. The van der Waals surface area contributed by atoms with Crippen LogP contribution in [-0.4, -0.2) is 24.2 Å². The molecule has 1 heterocycles. The molecule has 0 amide bonds. The van der Waals surface area contributed by atoms with Gasteiger partial charge in [-0.05, 0) is 30.3 Å². The zero-order chi connectivity index (χ0) is 15.5. The Labute approximate surface area is 118 Å². The fourth-order valence-electron chi connectivity index (χ4n) is 1.66. The van der Waals surface area contributed by atoms with Crippen LogP contribution >= 0.6 is 0 Å². The zero-order valence-electron chi connectivity index (χ0n) is 10.8. The van der Waals surface area contributed by atoms with Gasteiger partial charge in [-0.15, -0.1) is 13.2 Å². The fourth-order valence-corrected chi connectivity index (χ4v) is 1.66. The van der Waals surface area contributed by atoms with E-state index in [0.717, 1.165) is 6.07 Å². The predicted molar refractivity (Wildman–Crippen MR) is 67.3 cm³/mol. The number of benzene rings is 1. The number of carbonyl (C=O) groups is 1.